The largest absolute Gasteiger partial charge is 0.494 e. The van der Waals surface area contributed by atoms with E-state index in [1.165, 1.54) is 19.2 Å². The van der Waals surface area contributed by atoms with Crippen molar-refractivity contribution in [2.45, 2.75) is 6.61 Å². The molecule has 6 heteroatoms. The Labute approximate surface area is 162 Å². The van der Waals surface area contributed by atoms with Crippen LogP contribution in [0.2, 0.25) is 0 Å². The predicted octanol–water partition coefficient (Wildman–Crippen LogP) is 4.43. The zero-order valence-electron chi connectivity index (χ0n) is 15.4. The first-order valence-corrected chi connectivity index (χ1v) is 8.67. The molecule has 3 aromatic rings. The van der Waals surface area contributed by atoms with E-state index in [-0.39, 0.29) is 12.4 Å². The lowest BCUT2D eigenvalue weighted by molar-refractivity contribution is -0.118. The van der Waals surface area contributed by atoms with Crippen molar-refractivity contribution >= 4 is 11.6 Å². The lowest BCUT2D eigenvalue weighted by Gasteiger charge is -2.10. The van der Waals surface area contributed by atoms with E-state index < -0.39 is 11.7 Å². The Hall–Kier alpha value is -3.54. The highest BCUT2D eigenvalue weighted by molar-refractivity contribution is 5.91. The standard InChI is InChI=1S/C22H20FNO4/c1-26-21-12-7-17(13-20(21)23)24-22(25)15-28-19-10-8-18(9-11-19)27-14-16-5-3-2-4-6-16/h2-13H,14-15H2,1H3,(H,24,25). The molecular formula is C22H20FNO4. The molecule has 3 rings (SSSR count). The van der Waals surface area contributed by atoms with Crippen LogP contribution in [-0.2, 0) is 11.4 Å². The van der Waals surface area contributed by atoms with E-state index in [1.807, 2.05) is 30.3 Å². The Morgan fingerprint density at radius 2 is 1.61 bits per heavy atom. The van der Waals surface area contributed by atoms with E-state index in [9.17, 15) is 9.18 Å². The van der Waals surface area contributed by atoms with Gasteiger partial charge in [-0.15, -0.1) is 0 Å². The predicted molar refractivity (Wildman–Crippen MR) is 104 cm³/mol. The molecule has 5 nitrogen and oxygen atoms in total. The van der Waals surface area contributed by atoms with E-state index in [0.717, 1.165) is 5.56 Å². The zero-order valence-corrected chi connectivity index (χ0v) is 15.4. The van der Waals surface area contributed by atoms with Crippen molar-refractivity contribution in [2.24, 2.45) is 0 Å². The summed E-state index contributed by atoms with van der Waals surface area (Å²) in [6, 6.07) is 21.0. The number of hydrogen-bond donors (Lipinski definition) is 1. The van der Waals surface area contributed by atoms with Crippen LogP contribution in [0.15, 0.2) is 72.8 Å². The number of ether oxygens (including phenoxy) is 3. The first kappa shape index (κ1) is 19.2. The maximum absolute atomic E-state index is 13.6. The molecule has 1 N–H and O–H groups in total. The number of halogens is 1. The molecule has 0 fully saturated rings. The van der Waals surface area contributed by atoms with E-state index in [0.29, 0.717) is 23.8 Å². The maximum atomic E-state index is 13.6. The van der Waals surface area contributed by atoms with Gasteiger partial charge in [0.25, 0.3) is 5.91 Å². The minimum Gasteiger partial charge on any atom is -0.494 e. The number of carbonyl (C=O) groups excluding carboxylic acids is 1. The van der Waals surface area contributed by atoms with Gasteiger partial charge in [0.05, 0.1) is 7.11 Å². The van der Waals surface area contributed by atoms with Crippen molar-refractivity contribution in [2.75, 3.05) is 19.0 Å². The van der Waals surface area contributed by atoms with Crippen molar-refractivity contribution in [3.63, 3.8) is 0 Å². The minimum atomic E-state index is -0.549. The van der Waals surface area contributed by atoms with Crippen molar-refractivity contribution in [3.05, 3.63) is 84.2 Å². The van der Waals surface area contributed by atoms with Crippen LogP contribution in [0.1, 0.15) is 5.56 Å². The van der Waals surface area contributed by atoms with E-state index in [2.05, 4.69) is 5.32 Å². The van der Waals surface area contributed by atoms with Gasteiger partial charge in [-0.1, -0.05) is 30.3 Å². The number of carbonyl (C=O) groups is 1. The third-order valence-corrected chi connectivity index (χ3v) is 3.88. The molecule has 144 valence electrons. The molecule has 0 radical (unpaired) electrons. The van der Waals surface area contributed by atoms with Crippen LogP contribution in [0, 0.1) is 5.82 Å². The van der Waals surface area contributed by atoms with Gasteiger partial charge >= 0.3 is 0 Å². The molecule has 0 spiro atoms. The molecule has 0 aliphatic rings. The summed E-state index contributed by atoms with van der Waals surface area (Å²) in [4.78, 5) is 12.0. The topological polar surface area (TPSA) is 56.8 Å². The number of anilines is 1. The summed E-state index contributed by atoms with van der Waals surface area (Å²) in [5, 5.41) is 2.57. The molecule has 0 bridgehead atoms. The van der Waals surface area contributed by atoms with Crippen LogP contribution in [-0.4, -0.2) is 19.6 Å². The summed E-state index contributed by atoms with van der Waals surface area (Å²) < 4.78 is 29.6. The highest BCUT2D eigenvalue weighted by atomic mass is 19.1. The second-order valence-corrected chi connectivity index (χ2v) is 5.93. The number of methoxy groups -OCH3 is 1. The Bertz CT molecular complexity index is 914. The lowest BCUT2D eigenvalue weighted by Crippen LogP contribution is -2.20. The second kappa shape index (κ2) is 9.41. The summed E-state index contributed by atoms with van der Waals surface area (Å²) in [6.07, 6.45) is 0. The molecule has 1 amide bonds. The van der Waals surface area contributed by atoms with E-state index >= 15 is 0 Å². The van der Waals surface area contributed by atoms with Crippen LogP contribution in [0.3, 0.4) is 0 Å². The highest BCUT2D eigenvalue weighted by Crippen LogP contribution is 2.21. The Balaban J connectivity index is 1.46. The van der Waals surface area contributed by atoms with Gasteiger partial charge in [0.1, 0.15) is 18.1 Å². The third kappa shape index (κ3) is 5.48. The van der Waals surface area contributed by atoms with Gasteiger partial charge in [0, 0.05) is 11.8 Å². The van der Waals surface area contributed by atoms with Crippen LogP contribution >= 0.6 is 0 Å². The fourth-order valence-electron chi connectivity index (χ4n) is 2.46. The lowest BCUT2D eigenvalue weighted by atomic mass is 10.2. The summed E-state index contributed by atoms with van der Waals surface area (Å²) in [6.45, 7) is 0.278. The smallest absolute Gasteiger partial charge is 0.262 e. The Morgan fingerprint density at radius 1 is 0.929 bits per heavy atom. The van der Waals surface area contributed by atoms with Gasteiger partial charge in [-0.3, -0.25) is 4.79 Å². The van der Waals surface area contributed by atoms with Crippen molar-refractivity contribution in [1.29, 1.82) is 0 Å². The van der Waals surface area contributed by atoms with Crippen LogP contribution in [0.5, 0.6) is 17.2 Å². The van der Waals surface area contributed by atoms with Gasteiger partial charge in [-0.05, 0) is 42.0 Å². The number of rotatable bonds is 8. The van der Waals surface area contributed by atoms with Gasteiger partial charge in [-0.2, -0.15) is 0 Å². The van der Waals surface area contributed by atoms with Gasteiger partial charge < -0.3 is 19.5 Å². The maximum Gasteiger partial charge on any atom is 0.262 e. The molecule has 0 heterocycles. The average molecular weight is 381 g/mol. The Morgan fingerprint density at radius 3 is 2.25 bits per heavy atom. The van der Waals surface area contributed by atoms with Gasteiger partial charge in [0.2, 0.25) is 0 Å². The quantitative estimate of drug-likeness (QED) is 0.627. The zero-order chi connectivity index (χ0) is 19.8. The number of amides is 1. The van der Waals surface area contributed by atoms with Crippen LogP contribution < -0.4 is 19.5 Å². The summed E-state index contributed by atoms with van der Waals surface area (Å²) in [7, 11) is 1.38. The number of nitrogens with one attached hydrogen (secondary N) is 1. The number of benzene rings is 3. The minimum absolute atomic E-state index is 0.115. The van der Waals surface area contributed by atoms with Crippen molar-refractivity contribution in [3.8, 4) is 17.2 Å². The number of hydrogen-bond acceptors (Lipinski definition) is 4. The molecule has 0 aromatic heterocycles. The molecule has 3 aromatic carbocycles. The fourth-order valence-corrected chi connectivity index (χ4v) is 2.46. The Kier molecular flexibility index (Phi) is 6.46. The summed E-state index contributed by atoms with van der Waals surface area (Å²) >= 11 is 0. The summed E-state index contributed by atoms with van der Waals surface area (Å²) in [5.74, 6) is 0.405. The van der Waals surface area contributed by atoms with Gasteiger partial charge in [-0.25, -0.2) is 4.39 Å². The van der Waals surface area contributed by atoms with Gasteiger partial charge in [0.15, 0.2) is 18.2 Å². The first-order valence-electron chi connectivity index (χ1n) is 8.67. The molecule has 28 heavy (non-hydrogen) atoms. The highest BCUT2D eigenvalue weighted by Gasteiger charge is 2.08. The van der Waals surface area contributed by atoms with Crippen molar-refractivity contribution in [1.82, 2.24) is 0 Å². The average Bonchev–Trinajstić information content (AvgIpc) is 2.72. The van der Waals surface area contributed by atoms with E-state index in [1.54, 1.807) is 30.3 Å². The molecular weight excluding hydrogens is 361 g/mol. The molecule has 0 saturated carbocycles. The molecule has 0 saturated heterocycles. The van der Waals surface area contributed by atoms with E-state index in [4.69, 9.17) is 14.2 Å². The first-order chi connectivity index (χ1) is 13.6. The summed E-state index contributed by atoms with van der Waals surface area (Å²) in [5.41, 5.74) is 1.41. The third-order valence-electron chi connectivity index (χ3n) is 3.88. The molecule has 0 unspecified atom stereocenters. The second-order valence-electron chi connectivity index (χ2n) is 5.93. The van der Waals surface area contributed by atoms with Crippen molar-refractivity contribution < 1.29 is 23.4 Å². The van der Waals surface area contributed by atoms with Crippen LogP contribution in [0.25, 0.3) is 0 Å². The van der Waals surface area contributed by atoms with Crippen LogP contribution in [0.4, 0.5) is 10.1 Å². The normalized spacial score (nSPS) is 10.2. The monoisotopic (exact) mass is 381 g/mol. The fraction of sp³-hybridized carbons (Fsp3) is 0.136. The molecule has 0 atom stereocenters. The molecule has 0 aliphatic carbocycles. The SMILES string of the molecule is COc1ccc(NC(=O)COc2ccc(OCc3ccccc3)cc2)cc1F. The molecule has 0 aliphatic heterocycles.